The summed E-state index contributed by atoms with van der Waals surface area (Å²) in [7, 11) is 2.16. The third-order valence-corrected chi connectivity index (χ3v) is 3.74. The van der Waals surface area contributed by atoms with Crippen LogP contribution in [0.5, 0.6) is 0 Å². The second kappa shape index (κ2) is 6.08. The summed E-state index contributed by atoms with van der Waals surface area (Å²) in [5.41, 5.74) is 1.39. The Balaban J connectivity index is 1.98. The topological polar surface area (TPSA) is 39.1 Å². The summed E-state index contributed by atoms with van der Waals surface area (Å²) < 4.78 is 0. The number of anilines is 1. The van der Waals surface area contributed by atoms with Crippen LogP contribution in [0.3, 0.4) is 0 Å². The average Bonchev–Trinajstić information content (AvgIpc) is 2.36. The number of benzene rings is 1. The van der Waals surface area contributed by atoms with E-state index in [0.717, 1.165) is 18.8 Å². The van der Waals surface area contributed by atoms with Gasteiger partial charge < -0.3 is 10.2 Å². The van der Waals surface area contributed by atoms with Crippen molar-refractivity contribution in [2.24, 2.45) is 5.92 Å². The standard InChI is InChI=1S/C14H18ClN3/c1-18-7-3-4-11(10-18)9-17-14-6-2-5-13(15)12(14)8-16/h2,5-6,11,17H,3-4,7,9-10H2,1H3. The van der Waals surface area contributed by atoms with Crippen LogP contribution in [-0.4, -0.2) is 31.6 Å². The van der Waals surface area contributed by atoms with Crippen LogP contribution in [0.2, 0.25) is 5.02 Å². The monoisotopic (exact) mass is 263 g/mol. The van der Waals surface area contributed by atoms with E-state index in [1.165, 1.54) is 19.4 Å². The Morgan fingerprint density at radius 1 is 1.56 bits per heavy atom. The van der Waals surface area contributed by atoms with Crippen LogP contribution in [0.15, 0.2) is 18.2 Å². The van der Waals surface area contributed by atoms with Crippen LogP contribution in [0.25, 0.3) is 0 Å². The second-order valence-corrected chi connectivity index (χ2v) is 5.33. The predicted octanol–water partition coefficient (Wildman–Crippen LogP) is 2.97. The maximum Gasteiger partial charge on any atom is 0.103 e. The molecule has 0 bridgehead atoms. The number of halogens is 1. The molecule has 1 N–H and O–H groups in total. The molecule has 1 saturated heterocycles. The number of hydrogen-bond acceptors (Lipinski definition) is 3. The molecule has 1 aliphatic rings. The van der Waals surface area contributed by atoms with Crippen molar-refractivity contribution in [3.8, 4) is 6.07 Å². The Bertz CT molecular complexity index is 453. The third kappa shape index (κ3) is 3.16. The molecule has 0 aliphatic carbocycles. The molecular weight excluding hydrogens is 246 g/mol. The first kappa shape index (κ1) is 13.2. The van der Waals surface area contributed by atoms with E-state index in [0.29, 0.717) is 16.5 Å². The molecule has 0 aromatic heterocycles. The maximum absolute atomic E-state index is 9.10. The molecule has 2 rings (SSSR count). The molecule has 1 unspecified atom stereocenters. The van der Waals surface area contributed by atoms with Crippen molar-refractivity contribution in [1.29, 1.82) is 5.26 Å². The van der Waals surface area contributed by atoms with E-state index in [1.807, 2.05) is 12.1 Å². The minimum Gasteiger partial charge on any atom is -0.384 e. The van der Waals surface area contributed by atoms with Gasteiger partial charge in [-0.05, 0) is 44.5 Å². The van der Waals surface area contributed by atoms with Gasteiger partial charge in [0.1, 0.15) is 6.07 Å². The molecule has 1 aromatic rings. The molecule has 18 heavy (non-hydrogen) atoms. The van der Waals surface area contributed by atoms with E-state index < -0.39 is 0 Å². The summed E-state index contributed by atoms with van der Waals surface area (Å²) >= 11 is 6.00. The molecule has 1 aliphatic heterocycles. The Morgan fingerprint density at radius 2 is 2.39 bits per heavy atom. The van der Waals surface area contributed by atoms with Gasteiger partial charge in [-0.3, -0.25) is 0 Å². The van der Waals surface area contributed by atoms with Gasteiger partial charge in [0.2, 0.25) is 0 Å². The highest BCUT2D eigenvalue weighted by Gasteiger charge is 2.17. The SMILES string of the molecule is CN1CCCC(CNc2cccc(Cl)c2C#N)C1. The van der Waals surface area contributed by atoms with E-state index in [-0.39, 0.29) is 0 Å². The van der Waals surface area contributed by atoms with E-state index in [4.69, 9.17) is 16.9 Å². The van der Waals surface area contributed by atoms with Gasteiger partial charge in [0.15, 0.2) is 0 Å². The fourth-order valence-corrected chi connectivity index (χ4v) is 2.70. The summed E-state index contributed by atoms with van der Waals surface area (Å²) in [5, 5.41) is 13.0. The molecule has 1 aromatic carbocycles. The highest BCUT2D eigenvalue weighted by Crippen LogP contribution is 2.24. The number of nitrogens with zero attached hydrogens (tertiary/aromatic N) is 2. The van der Waals surface area contributed by atoms with Crippen molar-refractivity contribution in [2.75, 3.05) is 32.0 Å². The zero-order valence-electron chi connectivity index (χ0n) is 10.6. The van der Waals surface area contributed by atoms with E-state index in [1.54, 1.807) is 6.07 Å². The van der Waals surface area contributed by atoms with Crippen LogP contribution >= 0.6 is 11.6 Å². The fourth-order valence-electron chi connectivity index (χ4n) is 2.48. The van der Waals surface area contributed by atoms with Crippen molar-refractivity contribution in [2.45, 2.75) is 12.8 Å². The molecule has 1 atom stereocenters. The van der Waals surface area contributed by atoms with Gasteiger partial charge in [0.05, 0.1) is 16.3 Å². The van der Waals surface area contributed by atoms with E-state index in [2.05, 4.69) is 23.3 Å². The highest BCUT2D eigenvalue weighted by atomic mass is 35.5. The van der Waals surface area contributed by atoms with Crippen molar-refractivity contribution >= 4 is 17.3 Å². The molecule has 0 amide bonds. The number of nitriles is 1. The quantitative estimate of drug-likeness (QED) is 0.911. The van der Waals surface area contributed by atoms with Crippen LogP contribution in [0.1, 0.15) is 18.4 Å². The molecule has 0 spiro atoms. The smallest absolute Gasteiger partial charge is 0.103 e. The van der Waals surface area contributed by atoms with Gasteiger partial charge in [-0.15, -0.1) is 0 Å². The van der Waals surface area contributed by atoms with Crippen molar-refractivity contribution < 1.29 is 0 Å². The Kier molecular flexibility index (Phi) is 4.46. The maximum atomic E-state index is 9.10. The van der Waals surface area contributed by atoms with Gasteiger partial charge in [-0.1, -0.05) is 17.7 Å². The van der Waals surface area contributed by atoms with Gasteiger partial charge in [0, 0.05) is 13.1 Å². The number of likely N-dealkylation sites (tertiary alicyclic amines) is 1. The lowest BCUT2D eigenvalue weighted by Gasteiger charge is -2.30. The van der Waals surface area contributed by atoms with E-state index in [9.17, 15) is 0 Å². The van der Waals surface area contributed by atoms with Crippen molar-refractivity contribution in [1.82, 2.24) is 4.90 Å². The third-order valence-electron chi connectivity index (χ3n) is 3.43. The van der Waals surface area contributed by atoms with Gasteiger partial charge in [-0.25, -0.2) is 0 Å². The van der Waals surface area contributed by atoms with Gasteiger partial charge in [0.25, 0.3) is 0 Å². The largest absolute Gasteiger partial charge is 0.384 e. The van der Waals surface area contributed by atoms with Crippen LogP contribution in [-0.2, 0) is 0 Å². The number of nitrogens with one attached hydrogen (secondary N) is 1. The number of hydrogen-bond donors (Lipinski definition) is 1. The lowest BCUT2D eigenvalue weighted by Crippen LogP contribution is -2.35. The summed E-state index contributed by atoms with van der Waals surface area (Å²) in [6, 6.07) is 7.69. The van der Waals surface area contributed by atoms with Crippen LogP contribution < -0.4 is 5.32 Å². The lowest BCUT2D eigenvalue weighted by atomic mass is 9.98. The van der Waals surface area contributed by atoms with E-state index >= 15 is 0 Å². The average molecular weight is 264 g/mol. The molecule has 1 fully saturated rings. The van der Waals surface area contributed by atoms with Crippen molar-refractivity contribution in [3.05, 3.63) is 28.8 Å². The first-order valence-electron chi connectivity index (χ1n) is 6.31. The zero-order valence-corrected chi connectivity index (χ0v) is 11.4. The first-order valence-corrected chi connectivity index (χ1v) is 6.69. The highest BCUT2D eigenvalue weighted by molar-refractivity contribution is 6.32. The van der Waals surface area contributed by atoms with Crippen molar-refractivity contribution in [3.63, 3.8) is 0 Å². The molecule has 0 saturated carbocycles. The molecular formula is C14H18ClN3. The second-order valence-electron chi connectivity index (χ2n) is 4.93. The number of rotatable bonds is 3. The van der Waals surface area contributed by atoms with Gasteiger partial charge in [-0.2, -0.15) is 5.26 Å². The minimum atomic E-state index is 0.517. The zero-order chi connectivity index (χ0) is 13.0. The minimum absolute atomic E-state index is 0.517. The molecule has 3 nitrogen and oxygen atoms in total. The normalized spacial score (nSPS) is 20.4. The first-order chi connectivity index (χ1) is 8.70. The van der Waals surface area contributed by atoms with Gasteiger partial charge >= 0.3 is 0 Å². The lowest BCUT2D eigenvalue weighted by molar-refractivity contribution is 0.217. The predicted molar refractivity (Wildman–Crippen MR) is 74.9 cm³/mol. The Labute approximate surface area is 113 Å². The summed E-state index contributed by atoms with van der Waals surface area (Å²) in [6.45, 7) is 3.21. The Hall–Kier alpha value is -1.24. The number of piperidine rings is 1. The molecule has 1 heterocycles. The molecule has 0 radical (unpaired) electrons. The molecule has 96 valence electrons. The molecule has 4 heteroatoms. The van der Waals surface area contributed by atoms with Crippen LogP contribution in [0.4, 0.5) is 5.69 Å². The summed E-state index contributed by atoms with van der Waals surface area (Å²) in [6.07, 6.45) is 2.50. The van der Waals surface area contributed by atoms with Crippen LogP contribution in [0, 0.1) is 17.2 Å². The Morgan fingerprint density at radius 3 is 3.11 bits per heavy atom. The fraction of sp³-hybridized carbons (Fsp3) is 0.500. The summed E-state index contributed by atoms with van der Waals surface area (Å²) in [5.74, 6) is 0.647. The summed E-state index contributed by atoms with van der Waals surface area (Å²) in [4.78, 5) is 2.36.